The molecule has 40 heavy (non-hydrogen) atoms. The molecule has 6 nitrogen and oxygen atoms in total. The molecule has 2 heterocycles. The Kier molecular flexibility index (Phi) is 7.75. The SMILES string of the molecule is CC(C)(C)CC[C@@H]1N[C@@H](C(=O)NC2CCC(C)(O)CC2)[C@H](c2cccc(Cl)c2F)[C@]12C(=O)Nc1cc(Cl)ccc12. The van der Waals surface area contributed by atoms with Crippen LogP contribution in [0.25, 0.3) is 0 Å². The molecule has 5 rings (SSSR count). The van der Waals surface area contributed by atoms with Gasteiger partial charge in [-0.05, 0) is 80.2 Å². The van der Waals surface area contributed by atoms with Crippen molar-refractivity contribution >= 4 is 40.7 Å². The van der Waals surface area contributed by atoms with E-state index in [9.17, 15) is 14.7 Å². The van der Waals surface area contributed by atoms with Crippen molar-refractivity contribution in [2.24, 2.45) is 5.41 Å². The van der Waals surface area contributed by atoms with Crippen LogP contribution in [0.5, 0.6) is 0 Å². The topological polar surface area (TPSA) is 90.5 Å². The summed E-state index contributed by atoms with van der Waals surface area (Å²) in [5.41, 5.74) is -0.548. The minimum Gasteiger partial charge on any atom is -0.390 e. The van der Waals surface area contributed by atoms with Crippen LogP contribution in [0.2, 0.25) is 10.0 Å². The molecule has 2 aliphatic heterocycles. The lowest BCUT2D eigenvalue weighted by Crippen LogP contribution is -2.50. The smallest absolute Gasteiger partial charge is 0.238 e. The molecule has 4 N–H and O–H groups in total. The van der Waals surface area contributed by atoms with Crippen molar-refractivity contribution in [2.45, 2.75) is 101 Å². The summed E-state index contributed by atoms with van der Waals surface area (Å²) in [6.07, 6.45) is 3.81. The molecule has 1 saturated carbocycles. The zero-order valence-corrected chi connectivity index (χ0v) is 24.9. The highest BCUT2D eigenvalue weighted by Crippen LogP contribution is 2.56. The average Bonchev–Trinajstić information content (AvgIpc) is 3.35. The predicted molar refractivity (Wildman–Crippen MR) is 156 cm³/mol. The maximum atomic E-state index is 15.9. The van der Waals surface area contributed by atoms with Gasteiger partial charge >= 0.3 is 0 Å². The molecule has 2 amide bonds. The van der Waals surface area contributed by atoms with Crippen molar-refractivity contribution in [3.63, 3.8) is 0 Å². The van der Waals surface area contributed by atoms with Gasteiger partial charge in [0.1, 0.15) is 11.2 Å². The predicted octanol–water partition coefficient (Wildman–Crippen LogP) is 6.08. The Bertz CT molecular complexity index is 1320. The Balaban J connectivity index is 1.63. The number of fused-ring (bicyclic) bond motifs is 2. The fourth-order valence-electron chi connectivity index (χ4n) is 6.88. The molecule has 1 spiro atoms. The van der Waals surface area contributed by atoms with Gasteiger partial charge in [-0.25, -0.2) is 4.39 Å². The number of benzene rings is 2. The maximum absolute atomic E-state index is 15.9. The van der Waals surface area contributed by atoms with E-state index in [0.717, 1.165) is 6.42 Å². The molecule has 4 atom stereocenters. The molecule has 1 aliphatic carbocycles. The van der Waals surface area contributed by atoms with E-state index in [1.807, 2.05) is 13.0 Å². The Labute approximate surface area is 245 Å². The molecular weight excluding hydrogens is 552 g/mol. The largest absolute Gasteiger partial charge is 0.390 e. The third-order valence-electron chi connectivity index (χ3n) is 9.00. The van der Waals surface area contributed by atoms with Crippen LogP contribution < -0.4 is 16.0 Å². The summed E-state index contributed by atoms with van der Waals surface area (Å²) >= 11 is 12.6. The molecular formula is C31H38Cl2FN3O3. The van der Waals surface area contributed by atoms with Crippen LogP contribution in [0.4, 0.5) is 10.1 Å². The van der Waals surface area contributed by atoms with Gasteiger partial charge in [-0.3, -0.25) is 9.59 Å². The van der Waals surface area contributed by atoms with Crippen molar-refractivity contribution in [1.82, 2.24) is 10.6 Å². The van der Waals surface area contributed by atoms with Crippen molar-refractivity contribution < 1.29 is 19.1 Å². The second-order valence-corrected chi connectivity index (χ2v) is 14.1. The van der Waals surface area contributed by atoms with E-state index >= 15 is 4.39 Å². The lowest BCUT2D eigenvalue weighted by atomic mass is 9.63. The molecule has 3 aliphatic rings. The van der Waals surface area contributed by atoms with Crippen LogP contribution in [-0.2, 0) is 15.0 Å². The van der Waals surface area contributed by atoms with Crippen LogP contribution in [0.15, 0.2) is 36.4 Å². The normalized spacial score (nSPS) is 31.8. The summed E-state index contributed by atoms with van der Waals surface area (Å²) in [6, 6.07) is 8.54. The number of halogens is 3. The van der Waals surface area contributed by atoms with Gasteiger partial charge in [0.2, 0.25) is 11.8 Å². The molecule has 0 bridgehead atoms. The first-order valence-corrected chi connectivity index (χ1v) is 14.8. The Morgan fingerprint density at radius 3 is 2.55 bits per heavy atom. The number of aliphatic hydroxyl groups is 1. The quantitative estimate of drug-likeness (QED) is 0.340. The molecule has 2 aromatic carbocycles. The fourth-order valence-corrected chi connectivity index (χ4v) is 7.24. The van der Waals surface area contributed by atoms with E-state index in [-0.39, 0.29) is 33.9 Å². The van der Waals surface area contributed by atoms with Gasteiger partial charge in [0.15, 0.2) is 0 Å². The van der Waals surface area contributed by atoms with Gasteiger partial charge in [0.25, 0.3) is 0 Å². The lowest BCUT2D eigenvalue weighted by molar-refractivity contribution is -0.125. The number of nitrogens with one attached hydrogen (secondary N) is 3. The highest BCUT2D eigenvalue weighted by molar-refractivity contribution is 6.31. The number of carbonyl (C=O) groups excluding carboxylic acids is 2. The van der Waals surface area contributed by atoms with Gasteiger partial charge in [-0.2, -0.15) is 0 Å². The van der Waals surface area contributed by atoms with Gasteiger partial charge in [-0.15, -0.1) is 0 Å². The van der Waals surface area contributed by atoms with Crippen LogP contribution in [0.3, 0.4) is 0 Å². The van der Waals surface area contributed by atoms with E-state index in [1.165, 1.54) is 6.07 Å². The lowest BCUT2D eigenvalue weighted by Gasteiger charge is -2.37. The zero-order valence-electron chi connectivity index (χ0n) is 23.4. The third-order valence-corrected chi connectivity index (χ3v) is 9.52. The van der Waals surface area contributed by atoms with Gasteiger partial charge < -0.3 is 21.1 Å². The summed E-state index contributed by atoms with van der Waals surface area (Å²) < 4.78 is 15.9. The van der Waals surface area contributed by atoms with Gasteiger partial charge in [0, 0.05) is 28.7 Å². The first-order valence-electron chi connectivity index (χ1n) is 14.1. The fraction of sp³-hybridized carbons (Fsp3) is 0.548. The average molecular weight is 591 g/mol. The molecule has 2 fully saturated rings. The van der Waals surface area contributed by atoms with E-state index in [1.54, 1.807) is 24.3 Å². The number of hydrogen-bond acceptors (Lipinski definition) is 4. The van der Waals surface area contributed by atoms with E-state index in [0.29, 0.717) is 48.4 Å². The number of hydrogen-bond donors (Lipinski definition) is 4. The van der Waals surface area contributed by atoms with Crippen molar-refractivity contribution in [3.8, 4) is 0 Å². The van der Waals surface area contributed by atoms with Crippen molar-refractivity contribution in [3.05, 3.63) is 63.4 Å². The van der Waals surface area contributed by atoms with Crippen LogP contribution >= 0.6 is 23.2 Å². The monoisotopic (exact) mass is 589 g/mol. The Morgan fingerprint density at radius 2 is 1.88 bits per heavy atom. The maximum Gasteiger partial charge on any atom is 0.238 e. The number of carbonyl (C=O) groups is 2. The highest BCUT2D eigenvalue weighted by Gasteiger charge is 2.65. The van der Waals surface area contributed by atoms with Crippen molar-refractivity contribution in [1.29, 1.82) is 0 Å². The first kappa shape index (κ1) is 29.3. The minimum atomic E-state index is -1.27. The van der Waals surface area contributed by atoms with Crippen LogP contribution in [-0.4, -0.2) is 40.6 Å². The number of rotatable bonds is 5. The standard InChI is InChI=1S/C31H38Cl2FN3O3/c1-29(2,3)13-12-23-31(20-9-8-17(32)16-22(20)36-28(31)39)24(19-6-5-7-21(33)25(19)34)26(37-23)27(38)35-18-10-14-30(4,40)15-11-18/h5-9,16,18,23-24,26,37,40H,10-15H2,1-4H3,(H,35,38)(H,36,39)/t18?,23-,24-,26+,30?,31+/m0/s1. The van der Waals surface area contributed by atoms with Gasteiger partial charge in [0.05, 0.1) is 16.7 Å². The van der Waals surface area contributed by atoms with Crippen molar-refractivity contribution in [2.75, 3.05) is 5.32 Å². The van der Waals surface area contributed by atoms with E-state index < -0.39 is 34.8 Å². The molecule has 9 heteroatoms. The molecule has 216 valence electrons. The molecule has 0 unspecified atom stereocenters. The number of amides is 2. The highest BCUT2D eigenvalue weighted by atomic mass is 35.5. The molecule has 2 aromatic rings. The summed E-state index contributed by atoms with van der Waals surface area (Å²) in [6.45, 7) is 8.21. The summed E-state index contributed by atoms with van der Waals surface area (Å²) in [5.74, 6) is -2.08. The summed E-state index contributed by atoms with van der Waals surface area (Å²) in [4.78, 5) is 28.3. The van der Waals surface area contributed by atoms with E-state index in [2.05, 4.69) is 36.7 Å². The zero-order chi connectivity index (χ0) is 29.0. The third kappa shape index (κ3) is 5.26. The number of anilines is 1. The first-order chi connectivity index (χ1) is 18.7. The second-order valence-electron chi connectivity index (χ2n) is 13.2. The molecule has 1 saturated heterocycles. The molecule has 0 aromatic heterocycles. The second kappa shape index (κ2) is 10.6. The van der Waals surface area contributed by atoms with Crippen LogP contribution in [0.1, 0.15) is 83.3 Å². The Hall–Kier alpha value is -2.19. The molecule has 0 radical (unpaired) electrons. The van der Waals surface area contributed by atoms with Gasteiger partial charge in [-0.1, -0.05) is 62.2 Å². The van der Waals surface area contributed by atoms with E-state index in [4.69, 9.17) is 23.2 Å². The Morgan fingerprint density at radius 1 is 1.18 bits per heavy atom. The minimum absolute atomic E-state index is 0.0308. The summed E-state index contributed by atoms with van der Waals surface area (Å²) in [7, 11) is 0. The summed E-state index contributed by atoms with van der Waals surface area (Å²) in [5, 5.41) is 20.5. The van der Waals surface area contributed by atoms with Crippen LogP contribution in [0, 0.1) is 11.2 Å².